The van der Waals surface area contributed by atoms with Gasteiger partial charge in [-0.15, -0.1) is 11.8 Å². The summed E-state index contributed by atoms with van der Waals surface area (Å²) in [5.41, 5.74) is 3.10. The predicted octanol–water partition coefficient (Wildman–Crippen LogP) is 7.46. The van der Waals surface area contributed by atoms with Crippen LogP contribution in [0, 0.1) is 5.82 Å². The maximum atomic E-state index is 13.5. The third-order valence-corrected chi connectivity index (χ3v) is 8.12. The van der Waals surface area contributed by atoms with Crippen molar-refractivity contribution in [2.45, 2.75) is 23.5 Å². The third-order valence-electron chi connectivity index (χ3n) is 6.47. The van der Waals surface area contributed by atoms with Crippen LogP contribution in [-0.2, 0) is 9.59 Å². The van der Waals surface area contributed by atoms with Gasteiger partial charge in [0.25, 0.3) is 11.8 Å². The molecule has 4 aromatic rings. The molecule has 0 radical (unpaired) electrons. The molecule has 0 aliphatic heterocycles. The van der Waals surface area contributed by atoms with E-state index in [0.29, 0.717) is 23.4 Å². The fraction of sp³-hybridized carbons (Fsp3) is 0.147. The number of nitrogens with one attached hydrogen (secondary N) is 3. The molecule has 10 heteroatoms. The number of nitrogens with zero attached hydrogens (tertiary/aromatic N) is 1. The number of amides is 3. The molecule has 0 heterocycles. The molecular formula is C34H32ClFN4O3S. The maximum Gasteiger partial charge on any atom is 0.272 e. The summed E-state index contributed by atoms with van der Waals surface area (Å²) in [4.78, 5) is 42.2. The summed E-state index contributed by atoms with van der Waals surface area (Å²) >= 11 is 7.18. The van der Waals surface area contributed by atoms with Gasteiger partial charge in [-0.2, -0.15) is 0 Å². The molecule has 1 atom stereocenters. The van der Waals surface area contributed by atoms with E-state index in [9.17, 15) is 18.8 Å². The highest BCUT2D eigenvalue weighted by atomic mass is 35.5. The van der Waals surface area contributed by atoms with Crippen molar-refractivity contribution in [1.29, 1.82) is 0 Å². The lowest BCUT2D eigenvalue weighted by atomic mass is 10.1. The minimum Gasteiger partial charge on any atom is -0.378 e. The van der Waals surface area contributed by atoms with Gasteiger partial charge in [-0.25, -0.2) is 4.39 Å². The highest BCUT2D eigenvalue weighted by Gasteiger charge is 2.20. The molecule has 226 valence electrons. The van der Waals surface area contributed by atoms with Gasteiger partial charge in [-0.05, 0) is 78.7 Å². The number of benzene rings is 4. The number of thioether (sulfide) groups is 1. The summed E-state index contributed by atoms with van der Waals surface area (Å²) in [6.07, 6.45) is 2.14. The van der Waals surface area contributed by atoms with Crippen molar-refractivity contribution in [1.82, 2.24) is 5.32 Å². The van der Waals surface area contributed by atoms with Crippen LogP contribution in [0.15, 0.2) is 108 Å². The van der Waals surface area contributed by atoms with Crippen LogP contribution in [0.2, 0.25) is 5.02 Å². The van der Waals surface area contributed by atoms with Crippen LogP contribution in [0.4, 0.5) is 21.5 Å². The van der Waals surface area contributed by atoms with E-state index in [2.05, 4.69) is 16.0 Å². The Hall–Kier alpha value is -4.60. The van der Waals surface area contributed by atoms with Crippen molar-refractivity contribution < 1.29 is 18.8 Å². The number of carbonyl (C=O) groups is 3. The minimum absolute atomic E-state index is 0.0679. The zero-order chi connectivity index (χ0) is 31.6. The maximum absolute atomic E-state index is 13.5. The summed E-state index contributed by atoms with van der Waals surface area (Å²) in [5, 5.41) is 7.85. The SMILES string of the molecule is CCC(Sc1cccc(NC(=O)/C(=C\c2ccc(N(C)C)cc2)NC(=O)c2ccccc2)c1)C(=O)Nc1ccc(F)c(Cl)c1. The number of halogens is 2. The number of hydrogen-bond acceptors (Lipinski definition) is 5. The van der Waals surface area contributed by atoms with Crippen LogP contribution in [-0.4, -0.2) is 37.1 Å². The van der Waals surface area contributed by atoms with E-state index >= 15 is 0 Å². The molecule has 0 fully saturated rings. The monoisotopic (exact) mass is 630 g/mol. The van der Waals surface area contributed by atoms with Gasteiger partial charge in [0.15, 0.2) is 0 Å². The molecule has 0 saturated carbocycles. The lowest BCUT2D eigenvalue weighted by Gasteiger charge is -2.16. The number of rotatable bonds is 11. The molecule has 4 rings (SSSR count). The quantitative estimate of drug-likeness (QED) is 0.118. The lowest BCUT2D eigenvalue weighted by molar-refractivity contribution is -0.116. The van der Waals surface area contributed by atoms with Gasteiger partial charge in [-0.3, -0.25) is 14.4 Å². The first-order valence-electron chi connectivity index (χ1n) is 13.8. The van der Waals surface area contributed by atoms with Gasteiger partial charge in [0.1, 0.15) is 11.5 Å². The summed E-state index contributed by atoms with van der Waals surface area (Å²) in [7, 11) is 3.87. The largest absolute Gasteiger partial charge is 0.378 e. The molecule has 0 saturated heterocycles. The Labute approximate surface area is 265 Å². The molecule has 0 aromatic heterocycles. The summed E-state index contributed by atoms with van der Waals surface area (Å²) in [6.45, 7) is 1.89. The van der Waals surface area contributed by atoms with Crippen LogP contribution in [0.1, 0.15) is 29.3 Å². The summed E-state index contributed by atoms with van der Waals surface area (Å²) < 4.78 is 13.5. The Balaban J connectivity index is 1.51. The molecule has 44 heavy (non-hydrogen) atoms. The van der Waals surface area contributed by atoms with E-state index in [1.165, 1.54) is 30.0 Å². The Morgan fingerprint density at radius 3 is 2.25 bits per heavy atom. The van der Waals surface area contributed by atoms with Gasteiger partial charge in [-0.1, -0.05) is 54.9 Å². The summed E-state index contributed by atoms with van der Waals surface area (Å²) in [5.74, 6) is -1.75. The van der Waals surface area contributed by atoms with Gasteiger partial charge in [0, 0.05) is 41.6 Å². The molecule has 0 bridgehead atoms. The highest BCUT2D eigenvalue weighted by molar-refractivity contribution is 8.00. The normalized spacial score (nSPS) is 11.8. The minimum atomic E-state index is -0.565. The van der Waals surface area contributed by atoms with Crippen LogP contribution < -0.4 is 20.9 Å². The predicted molar refractivity (Wildman–Crippen MR) is 178 cm³/mol. The average molecular weight is 631 g/mol. The second-order valence-electron chi connectivity index (χ2n) is 9.98. The molecule has 1 unspecified atom stereocenters. The van der Waals surface area contributed by atoms with E-state index < -0.39 is 22.9 Å². The van der Waals surface area contributed by atoms with Crippen LogP contribution >= 0.6 is 23.4 Å². The fourth-order valence-electron chi connectivity index (χ4n) is 4.11. The number of hydrogen-bond donors (Lipinski definition) is 3. The smallest absolute Gasteiger partial charge is 0.272 e. The van der Waals surface area contributed by atoms with Gasteiger partial charge in [0.2, 0.25) is 5.91 Å². The first-order chi connectivity index (χ1) is 21.1. The van der Waals surface area contributed by atoms with Gasteiger partial charge < -0.3 is 20.9 Å². The molecule has 0 aliphatic rings. The van der Waals surface area contributed by atoms with Crippen LogP contribution in [0.25, 0.3) is 6.08 Å². The molecule has 7 nitrogen and oxygen atoms in total. The molecular weight excluding hydrogens is 599 g/mol. The molecule has 4 aromatic carbocycles. The van der Waals surface area contributed by atoms with Crippen LogP contribution in [0.5, 0.6) is 0 Å². The van der Waals surface area contributed by atoms with E-state index in [0.717, 1.165) is 16.1 Å². The van der Waals surface area contributed by atoms with E-state index in [1.54, 1.807) is 48.5 Å². The van der Waals surface area contributed by atoms with E-state index in [1.807, 2.05) is 62.3 Å². The standard InChI is InChI=1S/C34H32ClFN4O3S/c1-4-31(34(43)38-25-15-18-29(36)28(35)21-25)44-27-12-8-11-24(20-27)37-33(42)30(39-32(41)23-9-6-5-7-10-23)19-22-13-16-26(17-14-22)40(2)3/h5-21,31H,4H2,1-3H3,(H,37,42)(H,38,43)(H,39,41)/b30-19+. The lowest BCUT2D eigenvalue weighted by Crippen LogP contribution is -2.30. The Bertz CT molecular complexity index is 1660. The number of carbonyl (C=O) groups excluding carboxylic acids is 3. The molecule has 3 N–H and O–H groups in total. The van der Waals surface area contributed by atoms with Gasteiger partial charge in [0.05, 0.1) is 10.3 Å². The molecule has 0 aliphatic carbocycles. The fourth-order valence-corrected chi connectivity index (χ4v) is 5.30. The van der Waals surface area contributed by atoms with Crippen molar-refractivity contribution >= 4 is 64.2 Å². The topological polar surface area (TPSA) is 90.5 Å². The zero-order valence-electron chi connectivity index (χ0n) is 24.4. The number of anilines is 3. The second kappa shape index (κ2) is 15.2. The molecule has 3 amide bonds. The second-order valence-corrected chi connectivity index (χ2v) is 11.7. The van der Waals surface area contributed by atoms with Crippen molar-refractivity contribution in [3.8, 4) is 0 Å². The van der Waals surface area contributed by atoms with Gasteiger partial charge >= 0.3 is 0 Å². The first-order valence-corrected chi connectivity index (χ1v) is 15.1. The highest BCUT2D eigenvalue weighted by Crippen LogP contribution is 2.29. The van der Waals surface area contributed by atoms with Crippen molar-refractivity contribution in [3.05, 3.63) is 125 Å². The zero-order valence-corrected chi connectivity index (χ0v) is 26.0. The van der Waals surface area contributed by atoms with Crippen molar-refractivity contribution in [3.63, 3.8) is 0 Å². The molecule has 0 spiro atoms. The van der Waals surface area contributed by atoms with E-state index in [4.69, 9.17) is 11.6 Å². The van der Waals surface area contributed by atoms with Crippen LogP contribution in [0.3, 0.4) is 0 Å². The Morgan fingerprint density at radius 1 is 0.886 bits per heavy atom. The average Bonchev–Trinajstić information content (AvgIpc) is 3.02. The Kier molecular flexibility index (Phi) is 11.2. The summed E-state index contributed by atoms with van der Waals surface area (Å²) in [6, 6.07) is 27.3. The van der Waals surface area contributed by atoms with E-state index in [-0.39, 0.29) is 16.6 Å². The Morgan fingerprint density at radius 2 is 1.59 bits per heavy atom. The van der Waals surface area contributed by atoms with Crippen molar-refractivity contribution in [2.75, 3.05) is 29.6 Å². The van der Waals surface area contributed by atoms with Crippen molar-refractivity contribution in [2.24, 2.45) is 0 Å². The first kappa shape index (κ1) is 32.3. The third kappa shape index (κ3) is 8.95.